The Morgan fingerprint density at radius 3 is 2.45 bits per heavy atom. The summed E-state index contributed by atoms with van der Waals surface area (Å²) in [5.41, 5.74) is 4.15. The van der Waals surface area contributed by atoms with Crippen LogP contribution in [0.15, 0.2) is 71.2 Å². The molecule has 1 N–H and O–H groups in total. The largest absolute Gasteiger partial charge is 0.495 e. The average Bonchev–Trinajstić information content (AvgIpc) is 3.22. The minimum Gasteiger partial charge on any atom is -0.495 e. The van der Waals surface area contributed by atoms with Crippen molar-refractivity contribution < 1.29 is 9.53 Å². The maximum Gasteiger partial charge on any atom is 0.259 e. The van der Waals surface area contributed by atoms with Crippen LogP contribution < -0.4 is 10.1 Å². The van der Waals surface area contributed by atoms with Crippen LogP contribution in [0.1, 0.15) is 15.9 Å². The molecule has 4 aromatic carbocycles. The fraction of sp³-hybridized carbons (Fsp3) is 0.0800. The lowest BCUT2D eigenvalue weighted by molar-refractivity contribution is 0.102. The first-order valence-corrected chi connectivity index (χ1v) is 11.3. The lowest BCUT2D eigenvalue weighted by Gasteiger charge is -2.14. The maximum atomic E-state index is 13.3. The summed E-state index contributed by atoms with van der Waals surface area (Å²) in [7, 11) is 1.55. The third kappa shape index (κ3) is 3.94. The highest BCUT2D eigenvalue weighted by Crippen LogP contribution is 2.37. The molecule has 0 radical (unpaired) electrons. The monoisotopic (exact) mass is 520 g/mol. The molecular weight excluding hydrogens is 504 g/mol. The van der Waals surface area contributed by atoms with Crippen LogP contribution in [-0.4, -0.2) is 28.0 Å². The van der Waals surface area contributed by atoms with Gasteiger partial charge in [-0.15, -0.1) is 10.2 Å². The Labute approximate surface area is 203 Å². The van der Waals surface area contributed by atoms with Crippen molar-refractivity contribution >= 4 is 60.9 Å². The molecule has 1 amide bonds. The van der Waals surface area contributed by atoms with Crippen molar-refractivity contribution in [2.24, 2.45) is 0 Å². The second-order valence-corrected chi connectivity index (χ2v) is 8.80. The predicted molar refractivity (Wildman–Crippen MR) is 135 cm³/mol. The van der Waals surface area contributed by atoms with Gasteiger partial charge in [-0.25, -0.2) is 0 Å². The number of fused-ring (bicyclic) bond motifs is 2. The summed E-state index contributed by atoms with van der Waals surface area (Å²) in [6.07, 6.45) is 0. The van der Waals surface area contributed by atoms with E-state index in [4.69, 9.17) is 16.3 Å². The van der Waals surface area contributed by atoms with Crippen molar-refractivity contribution in [2.45, 2.75) is 6.92 Å². The quantitative estimate of drug-likeness (QED) is 0.291. The number of halogens is 2. The van der Waals surface area contributed by atoms with E-state index in [-0.39, 0.29) is 5.91 Å². The number of ether oxygens (including phenoxy) is 1. The van der Waals surface area contributed by atoms with Gasteiger partial charge in [-0.2, -0.15) is 4.80 Å². The van der Waals surface area contributed by atoms with Gasteiger partial charge in [-0.3, -0.25) is 4.79 Å². The molecule has 0 saturated heterocycles. The van der Waals surface area contributed by atoms with Gasteiger partial charge in [0.15, 0.2) is 0 Å². The van der Waals surface area contributed by atoms with E-state index in [0.717, 1.165) is 32.0 Å². The number of hydrogen-bond acceptors (Lipinski definition) is 4. The van der Waals surface area contributed by atoms with Crippen molar-refractivity contribution in [1.82, 2.24) is 15.0 Å². The van der Waals surface area contributed by atoms with Crippen LogP contribution in [0.2, 0.25) is 5.02 Å². The number of rotatable bonds is 4. The first-order chi connectivity index (χ1) is 15.9. The van der Waals surface area contributed by atoms with Gasteiger partial charge in [0.1, 0.15) is 16.8 Å². The molecule has 33 heavy (non-hydrogen) atoms. The number of carbonyl (C=O) groups excluding carboxylic acids is 1. The first-order valence-electron chi connectivity index (χ1n) is 10.1. The molecule has 0 atom stereocenters. The molecule has 6 nitrogen and oxygen atoms in total. The molecule has 0 aliphatic rings. The fourth-order valence-corrected chi connectivity index (χ4v) is 4.60. The highest BCUT2D eigenvalue weighted by molar-refractivity contribution is 9.10. The molecule has 1 aromatic heterocycles. The summed E-state index contributed by atoms with van der Waals surface area (Å²) in [5.74, 6) is 0.212. The van der Waals surface area contributed by atoms with Crippen LogP contribution in [0, 0.1) is 6.92 Å². The molecule has 8 heteroatoms. The van der Waals surface area contributed by atoms with Gasteiger partial charge in [0, 0.05) is 10.7 Å². The van der Waals surface area contributed by atoms with E-state index < -0.39 is 0 Å². The topological polar surface area (TPSA) is 69.0 Å². The normalized spacial score (nSPS) is 11.2. The summed E-state index contributed by atoms with van der Waals surface area (Å²) in [5, 5.41) is 14.7. The number of aromatic nitrogens is 3. The summed E-state index contributed by atoms with van der Waals surface area (Å²) in [6, 6.07) is 20.7. The summed E-state index contributed by atoms with van der Waals surface area (Å²) < 4.78 is 6.30. The van der Waals surface area contributed by atoms with E-state index >= 15 is 0 Å². The zero-order chi connectivity index (χ0) is 23.1. The molecule has 164 valence electrons. The molecular formula is C25H18BrClN4O2. The number of nitrogens with zero attached hydrogens (tertiary/aromatic N) is 3. The van der Waals surface area contributed by atoms with Gasteiger partial charge < -0.3 is 10.1 Å². The van der Waals surface area contributed by atoms with E-state index in [1.54, 1.807) is 24.0 Å². The number of benzene rings is 4. The van der Waals surface area contributed by atoms with Gasteiger partial charge in [0.2, 0.25) is 0 Å². The van der Waals surface area contributed by atoms with Gasteiger partial charge >= 0.3 is 0 Å². The number of aryl methyl sites for hydroxylation is 1. The molecule has 0 saturated carbocycles. The second-order valence-electron chi connectivity index (χ2n) is 7.57. The number of anilines is 1. The number of methoxy groups -OCH3 is 1. The van der Waals surface area contributed by atoms with Crippen LogP contribution in [0.3, 0.4) is 0 Å². The molecule has 0 unspecified atom stereocenters. The highest BCUT2D eigenvalue weighted by Gasteiger charge is 2.19. The van der Waals surface area contributed by atoms with E-state index in [2.05, 4.69) is 31.4 Å². The lowest BCUT2D eigenvalue weighted by atomic mass is 10.0. The molecule has 0 fully saturated rings. The van der Waals surface area contributed by atoms with Gasteiger partial charge in [0.25, 0.3) is 5.91 Å². The van der Waals surface area contributed by atoms with Crippen LogP contribution in [0.5, 0.6) is 5.75 Å². The van der Waals surface area contributed by atoms with Gasteiger partial charge in [-0.05, 0) is 81.7 Å². The Morgan fingerprint density at radius 1 is 1.03 bits per heavy atom. The standard InChI is InChI=1S/C25H18BrClN4O2/c1-14-11-21-22(30-31(29-21)17-9-7-16(27)8-10-17)13-20(14)28-25(32)19-12-15-5-3-4-6-18(15)23(26)24(19)33-2/h3-13H,1-2H3,(H,28,32). The molecule has 5 aromatic rings. The minimum atomic E-state index is -0.272. The third-order valence-corrected chi connectivity index (χ3v) is 6.46. The van der Waals surface area contributed by atoms with E-state index in [9.17, 15) is 4.79 Å². The number of nitrogens with one attached hydrogen (secondary N) is 1. The molecule has 5 rings (SSSR count). The number of carbonyl (C=O) groups is 1. The SMILES string of the molecule is COc1c(C(=O)Nc2cc3nn(-c4ccc(Cl)cc4)nc3cc2C)cc2ccccc2c1Br. The zero-order valence-electron chi connectivity index (χ0n) is 17.8. The summed E-state index contributed by atoms with van der Waals surface area (Å²) in [6.45, 7) is 1.92. The Morgan fingerprint density at radius 2 is 1.73 bits per heavy atom. The van der Waals surface area contributed by atoms with Crippen LogP contribution in [-0.2, 0) is 0 Å². The van der Waals surface area contributed by atoms with Crippen LogP contribution in [0.25, 0.3) is 27.5 Å². The summed E-state index contributed by atoms with van der Waals surface area (Å²) >= 11 is 9.57. The summed E-state index contributed by atoms with van der Waals surface area (Å²) in [4.78, 5) is 14.8. The van der Waals surface area contributed by atoms with Crippen molar-refractivity contribution in [3.05, 3.63) is 87.4 Å². The molecule has 0 bridgehead atoms. The second kappa shape index (κ2) is 8.50. The van der Waals surface area contributed by atoms with E-state index in [1.807, 2.05) is 61.5 Å². The van der Waals surface area contributed by atoms with Crippen LogP contribution >= 0.6 is 27.5 Å². The lowest BCUT2D eigenvalue weighted by Crippen LogP contribution is -2.14. The predicted octanol–water partition coefficient (Wildman–Crippen LogP) is 6.56. The maximum absolute atomic E-state index is 13.3. The molecule has 0 aliphatic heterocycles. The third-order valence-electron chi connectivity index (χ3n) is 5.42. The minimum absolute atomic E-state index is 0.272. The molecule has 0 aliphatic carbocycles. The number of amides is 1. The van der Waals surface area contributed by atoms with Crippen molar-refractivity contribution in [1.29, 1.82) is 0 Å². The van der Waals surface area contributed by atoms with Crippen LogP contribution in [0.4, 0.5) is 5.69 Å². The Hall–Kier alpha value is -3.42. The Bertz CT molecular complexity index is 1530. The van der Waals surface area contributed by atoms with Crippen molar-refractivity contribution in [3.63, 3.8) is 0 Å². The Kier molecular flexibility index (Phi) is 5.52. The number of hydrogen-bond donors (Lipinski definition) is 1. The highest BCUT2D eigenvalue weighted by atomic mass is 79.9. The average molecular weight is 522 g/mol. The van der Waals surface area contributed by atoms with E-state index in [0.29, 0.717) is 27.5 Å². The Balaban J connectivity index is 1.52. The van der Waals surface area contributed by atoms with E-state index in [1.165, 1.54) is 0 Å². The van der Waals surface area contributed by atoms with Crippen molar-refractivity contribution in [2.75, 3.05) is 12.4 Å². The van der Waals surface area contributed by atoms with Gasteiger partial charge in [0.05, 0.1) is 22.8 Å². The zero-order valence-corrected chi connectivity index (χ0v) is 20.1. The first kappa shape index (κ1) is 21.4. The molecule has 0 spiro atoms. The van der Waals surface area contributed by atoms with Gasteiger partial charge in [-0.1, -0.05) is 35.9 Å². The fourth-order valence-electron chi connectivity index (χ4n) is 3.73. The smallest absolute Gasteiger partial charge is 0.259 e. The van der Waals surface area contributed by atoms with Crippen molar-refractivity contribution in [3.8, 4) is 11.4 Å². The molecule has 1 heterocycles.